The van der Waals surface area contributed by atoms with Gasteiger partial charge in [0.1, 0.15) is 0 Å². The van der Waals surface area contributed by atoms with Gasteiger partial charge in [-0.2, -0.15) is 4.31 Å². The van der Waals surface area contributed by atoms with Crippen molar-refractivity contribution in [2.75, 3.05) is 38.2 Å². The fourth-order valence-corrected chi connectivity index (χ4v) is 4.47. The first kappa shape index (κ1) is 19.8. The molecule has 0 bridgehead atoms. The summed E-state index contributed by atoms with van der Waals surface area (Å²) in [4.78, 5) is 12.7. The number of nitrogens with zero attached hydrogens (tertiary/aromatic N) is 1. The average molecular weight is 409 g/mol. The van der Waals surface area contributed by atoms with Crippen molar-refractivity contribution in [1.29, 1.82) is 0 Å². The van der Waals surface area contributed by atoms with Crippen LogP contribution < -0.4 is 5.32 Å². The summed E-state index contributed by atoms with van der Waals surface area (Å²) in [5, 5.41) is 3.68. The molecule has 0 amide bonds. The van der Waals surface area contributed by atoms with Crippen LogP contribution in [0.1, 0.15) is 15.9 Å². The minimum atomic E-state index is -3.63. The van der Waals surface area contributed by atoms with E-state index in [1.807, 2.05) is 13.0 Å². The van der Waals surface area contributed by atoms with E-state index >= 15 is 0 Å². The van der Waals surface area contributed by atoms with Gasteiger partial charge in [-0.05, 0) is 36.8 Å². The lowest BCUT2D eigenvalue weighted by Crippen LogP contribution is -2.40. The third kappa shape index (κ3) is 4.50. The Bertz CT molecular complexity index is 940. The standard InChI is InChI=1S/C19H21ClN2O4S/c1-14-17(20)6-3-7-18(14)21-13-19(23)15-4-2-5-16(12-15)27(24,25)22-8-10-26-11-9-22/h2-7,12,21H,8-11,13H2,1H3. The molecule has 1 aliphatic rings. The summed E-state index contributed by atoms with van der Waals surface area (Å²) in [6, 6.07) is 11.6. The second-order valence-electron chi connectivity index (χ2n) is 6.23. The van der Waals surface area contributed by atoms with E-state index in [9.17, 15) is 13.2 Å². The largest absolute Gasteiger partial charge is 0.379 e. The molecule has 0 atom stereocenters. The SMILES string of the molecule is Cc1c(Cl)cccc1NCC(=O)c1cccc(S(=O)(=O)N2CCOCC2)c1. The summed E-state index contributed by atoms with van der Waals surface area (Å²) in [7, 11) is -3.63. The molecule has 6 nitrogen and oxygen atoms in total. The number of halogens is 1. The van der Waals surface area contributed by atoms with Gasteiger partial charge >= 0.3 is 0 Å². The van der Waals surface area contributed by atoms with Crippen LogP contribution in [0.4, 0.5) is 5.69 Å². The molecule has 0 saturated carbocycles. The van der Waals surface area contributed by atoms with Crippen LogP contribution >= 0.6 is 11.6 Å². The molecule has 2 aromatic rings. The Hall–Kier alpha value is -1.93. The summed E-state index contributed by atoms with van der Waals surface area (Å²) in [5.41, 5.74) is 1.97. The van der Waals surface area contributed by atoms with Crippen molar-refractivity contribution in [2.45, 2.75) is 11.8 Å². The molecule has 1 aliphatic heterocycles. The zero-order chi connectivity index (χ0) is 19.4. The molecular weight excluding hydrogens is 388 g/mol. The minimum Gasteiger partial charge on any atom is -0.379 e. The van der Waals surface area contributed by atoms with Crippen LogP contribution in [0.3, 0.4) is 0 Å². The van der Waals surface area contributed by atoms with Crippen LogP contribution in [0.15, 0.2) is 47.4 Å². The van der Waals surface area contributed by atoms with Crippen molar-refractivity contribution in [3.63, 3.8) is 0 Å². The van der Waals surface area contributed by atoms with E-state index in [4.69, 9.17) is 16.3 Å². The van der Waals surface area contributed by atoms with Gasteiger partial charge in [0.2, 0.25) is 10.0 Å². The van der Waals surface area contributed by atoms with E-state index in [-0.39, 0.29) is 17.2 Å². The van der Waals surface area contributed by atoms with Gasteiger partial charge in [-0.25, -0.2) is 8.42 Å². The predicted molar refractivity (Wildman–Crippen MR) is 105 cm³/mol. The van der Waals surface area contributed by atoms with Gasteiger partial charge in [-0.1, -0.05) is 29.8 Å². The summed E-state index contributed by atoms with van der Waals surface area (Å²) < 4.78 is 32.1. The lowest BCUT2D eigenvalue weighted by Gasteiger charge is -2.26. The van der Waals surface area contributed by atoms with E-state index in [1.165, 1.54) is 16.4 Å². The molecule has 0 aliphatic carbocycles. The third-order valence-electron chi connectivity index (χ3n) is 4.47. The number of sulfonamides is 1. The number of morpholine rings is 1. The quantitative estimate of drug-likeness (QED) is 0.743. The van der Waals surface area contributed by atoms with Crippen molar-refractivity contribution in [2.24, 2.45) is 0 Å². The molecule has 8 heteroatoms. The zero-order valence-corrected chi connectivity index (χ0v) is 16.5. The first-order chi connectivity index (χ1) is 12.9. The van der Waals surface area contributed by atoms with E-state index in [0.29, 0.717) is 36.9 Å². The third-order valence-corrected chi connectivity index (χ3v) is 6.78. The Kier molecular flexibility index (Phi) is 6.16. The highest BCUT2D eigenvalue weighted by Gasteiger charge is 2.26. The van der Waals surface area contributed by atoms with Crippen LogP contribution in [0.25, 0.3) is 0 Å². The fraction of sp³-hybridized carbons (Fsp3) is 0.316. The topological polar surface area (TPSA) is 75.7 Å². The first-order valence-corrected chi connectivity index (χ1v) is 10.4. The predicted octanol–water partition coefficient (Wildman–Crippen LogP) is 2.96. The maximum absolute atomic E-state index is 12.8. The highest BCUT2D eigenvalue weighted by atomic mass is 35.5. The molecule has 1 N–H and O–H groups in total. The smallest absolute Gasteiger partial charge is 0.243 e. The minimum absolute atomic E-state index is 0.0439. The monoisotopic (exact) mass is 408 g/mol. The number of hydrogen-bond donors (Lipinski definition) is 1. The van der Waals surface area contributed by atoms with E-state index in [2.05, 4.69) is 5.32 Å². The van der Waals surface area contributed by atoms with Crippen molar-refractivity contribution >= 4 is 33.1 Å². The number of nitrogens with one attached hydrogen (secondary N) is 1. The van der Waals surface area contributed by atoms with E-state index < -0.39 is 10.0 Å². The summed E-state index contributed by atoms with van der Waals surface area (Å²) >= 11 is 6.09. The number of hydrogen-bond acceptors (Lipinski definition) is 5. The summed E-state index contributed by atoms with van der Waals surface area (Å²) in [6.45, 7) is 3.29. The van der Waals surface area contributed by atoms with Gasteiger partial charge in [-0.15, -0.1) is 0 Å². The molecule has 0 spiro atoms. The first-order valence-electron chi connectivity index (χ1n) is 8.60. The van der Waals surface area contributed by atoms with Gasteiger partial charge in [0, 0.05) is 29.4 Å². The average Bonchev–Trinajstić information content (AvgIpc) is 2.69. The molecule has 1 heterocycles. The molecule has 0 unspecified atom stereocenters. The molecular formula is C19H21ClN2O4S. The molecule has 144 valence electrons. The molecule has 1 saturated heterocycles. The maximum atomic E-state index is 12.8. The number of ether oxygens (including phenoxy) is 1. The van der Waals surface area contributed by atoms with Gasteiger partial charge < -0.3 is 10.1 Å². The molecule has 0 radical (unpaired) electrons. The molecule has 3 rings (SSSR count). The van der Waals surface area contributed by atoms with Crippen molar-refractivity contribution in [1.82, 2.24) is 4.31 Å². The number of Topliss-reactive ketones (excluding diaryl/α,β-unsaturated/α-hetero) is 1. The normalized spacial score (nSPS) is 15.5. The number of rotatable bonds is 6. The fourth-order valence-electron chi connectivity index (χ4n) is 2.84. The molecule has 27 heavy (non-hydrogen) atoms. The van der Waals surface area contributed by atoms with Crippen molar-refractivity contribution < 1.29 is 17.9 Å². The van der Waals surface area contributed by atoms with Crippen LogP contribution in [-0.4, -0.2) is 51.4 Å². The van der Waals surface area contributed by atoms with Gasteiger partial charge in [0.05, 0.1) is 24.7 Å². The molecule has 2 aromatic carbocycles. The van der Waals surface area contributed by atoms with E-state index in [0.717, 1.165) is 11.3 Å². The van der Waals surface area contributed by atoms with Crippen LogP contribution in [0, 0.1) is 6.92 Å². The Labute approximate surface area is 164 Å². The zero-order valence-electron chi connectivity index (χ0n) is 14.9. The maximum Gasteiger partial charge on any atom is 0.243 e. The van der Waals surface area contributed by atoms with Crippen LogP contribution in [0.2, 0.25) is 5.02 Å². The highest BCUT2D eigenvalue weighted by Crippen LogP contribution is 2.23. The van der Waals surface area contributed by atoms with Gasteiger partial charge in [0.15, 0.2) is 5.78 Å². The van der Waals surface area contributed by atoms with Crippen LogP contribution in [0.5, 0.6) is 0 Å². The number of carbonyl (C=O) groups is 1. The van der Waals surface area contributed by atoms with E-state index in [1.54, 1.807) is 24.3 Å². The lowest BCUT2D eigenvalue weighted by molar-refractivity contribution is 0.0730. The Morgan fingerprint density at radius 1 is 1.19 bits per heavy atom. The second-order valence-corrected chi connectivity index (χ2v) is 8.58. The molecule has 1 fully saturated rings. The number of carbonyl (C=O) groups excluding carboxylic acids is 1. The summed E-state index contributed by atoms with van der Waals surface area (Å²) in [6.07, 6.45) is 0. The highest BCUT2D eigenvalue weighted by molar-refractivity contribution is 7.89. The Balaban J connectivity index is 1.74. The Morgan fingerprint density at radius 3 is 2.63 bits per heavy atom. The van der Waals surface area contributed by atoms with Crippen molar-refractivity contribution in [3.8, 4) is 0 Å². The van der Waals surface area contributed by atoms with Crippen molar-refractivity contribution in [3.05, 3.63) is 58.6 Å². The second kappa shape index (κ2) is 8.39. The number of benzene rings is 2. The Morgan fingerprint density at radius 2 is 1.89 bits per heavy atom. The van der Waals surface area contributed by atoms with Crippen LogP contribution in [-0.2, 0) is 14.8 Å². The number of ketones is 1. The van der Waals surface area contributed by atoms with Gasteiger partial charge in [0.25, 0.3) is 0 Å². The van der Waals surface area contributed by atoms with Gasteiger partial charge in [-0.3, -0.25) is 4.79 Å². The molecule has 0 aromatic heterocycles. The number of anilines is 1. The summed E-state index contributed by atoms with van der Waals surface area (Å²) in [5.74, 6) is -0.201. The lowest BCUT2D eigenvalue weighted by atomic mass is 10.1.